The number of nitrogens with zero attached hydrogens (tertiary/aromatic N) is 2. The zero-order valence-electron chi connectivity index (χ0n) is 20.6. The third-order valence-electron chi connectivity index (χ3n) is 5.63. The summed E-state index contributed by atoms with van der Waals surface area (Å²) in [6.07, 6.45) is -3.44. The molecule has 204 valence electrons. The average Bonchev–Trinajstić information content (AvgIpc) is 2.79. The third kappa shape index (κ3) is 8.51. The van der Waals surface area contributed by atoms with Crippen LogP contribution in [-0.2, 0) is 32.3 Å². The molecule has 0 spiro atoms. The van der Waals surface area contributed by atoms with Gasteiger partial charge in [-0.05, 0) is 56.2 Å². The number of carbonyl (C=O) groups excluding carboxylic acids is 2. The van der Waals surface area contributed by atoms with E-state index in [9.17, 15) is 31.2 Å². The molecule has 0 bridgehead atoms. The van der Waals surface area contributed by atoms with Crippen LogP contribution in [0.2, 0.25) is 10.0 Å². The molecule has 13 heteroatoms. The summed E-state index contributed by atoms with van der Waals surface area (Å²) < 4.78 is 65.9. The summed E-state index contributed by atoms with van der Waals surface area (Å²) in [5.41, 5.74) is -1.07. The van der Waals surface area contributed by atoms with Gasteiger partial charge in [-0.25, -0.2) is 8.42 Å². The lowest BCUT2D eigenvalue weighted by atomic mass is 10.1. The Morgan fingerprint density at radius 1 is 1.08 bits per heavy atom. The number of hydrogen-bond acceptors (Lipinski definition) is 4. The average molecular weight is 582 g/mol. The van der Waals surface area contributed by atoms with Crippen molar-refractivity contribution in [2.75, 3.05) is 17.1 Å². The minimum Gasteiger partial charge on any atom is -0.352 e. The van der Waals surface area contributed by atoms with Crippen molar-refractivity contribution < 1.29 is 31.2 Å². The molecule has 0 aromatic heterocycles. The van der Waals surface area contributed by atoms with Gasteiger partial charge in [0.05, 0.1) is 22.5 Å². The lowest BCUT2D eigenvalue weighted by Gasteiger charge is -2.32. The summed E-state index contributed by atoms with van der Waals surface area (Å²) in [5, 5.41) is 2.55. The van der Waals surface area contributed by atoms with E-state index in [1.54, 1.807) is 31.2 Å². The second-order valence-corrected chi connectivity index (χ2v) is 11.3. The Kier molecular flexibility index (Phi) is 10.3. The number of amides is 2. The van der Waals surface area contributed by atoms with Crippen LogP contribution in [0.25, 0.3) is 0 Å². The van der Waals surface area contributed by atoms with Crippen molar-refractivity contribution in [1.29, 1.82) is 0 Å². The highest BCUT2D eigenvalue weighted by molar-refractivity contribution is 7.92. The predicted molar refractivity (Wildman–Crippen MR) is 138 cm³/mol. The topological polar surface area (TPSA) is 86.8 Å². The van der Waals surface area contributed by atoms with Gasteiger partial charge in [-0.3, -0.25) is 13.9 Å². The van der Waals surface area contributed by atoms with E-state index in [1.165, 1.54) is 6.92 Å². The Morgan fingerprint density at radius 2 is 1.73 bits per heavy atom. The van der Waals surface area contributed by atoms with E-state index in [2.05, 4.69) is 5.32 Å². The zero-order chi connectivity index (χ0) is 28.1. The van der Waals surface area contributed by atoms with E-state index in [4.69, 9.17) is 23.2 Å². The number of nitrogens with one attached hydrogen (secondary N) is 1. The van der Waals surface area contributed by atoms with Gasteiger partial charge in [-0.2, -0.15) is 13.2 Å². The van der Waals surface area contributed by atoms with E-state index in [-0.39, 0.29) is 12.6 Å². The van der Waals surface area contributed by atoms with Crippen LogP contribution in [0.15, 0.2) is 42.5 Å². The molecule has 2 aromatic carbocycles. The first-order chi connectivity index (χ1) is 17.0. The van der Waals surface area contributed by atoms with Crippen molar-refractivity contribution in [3.8, 4) is 0 Å². The molecule has 0 heterocycles. The van der Waals surface area contributed by atoms with E-state index in [0.29, 0.717) is 27.4 Å². The van der Waals surface area contributed by atoms with Crippen molar-refractivity contribution in [2.24, 2.45) is 0 Å². The van der Waals surface area contributed by atoms with Crippen molar-refractivity contribution in [2.45, 2.75) is 52.0 Å². The smallest absolute Gasteiger partial charge is 0.352 e. The second kappa shape index (κ2) is 12.4. The third-order valence-corrected chi connectivity index (χ3v) is 7.34. The molecule has 37 heavy (non-hydrogen) atoms. The van der Waals surface area contributed by atoms with Gasteiger partial charge in [0, 0.05) is 17.6 Å². The maximum atomic E-state index is 13.5. The molecule has 0 aliphatic carbocycles. The highest BCUT2D eigenvalue weighted by Gasteiger charge is 2.35. The molecule has 7 nitrogen and oxygen atoms in total. The maximum Gasteiger partial charge on any atom is 0.417 e. The fourth-order valence-electron chi connectivity index (χ4n) is 3.38. The standard InChI is InChI=1S/C24H28Cl2F3N3O4S/c1-5-15(2)30-23(34)16(3)31(13-17-7-6-8-18(25)11-17)22(33)14-32(37(4,35)36)19-9-10-21(26)20(12-19)24(27,28)29/h6-12,15-16H,5,13-14H2,1-4H3,(H,30,34)/t15-,16-/m0/s1. The molecule has 2 aromatic rings. The molecule has 0 aliphatic heterocycles. The van der Waals surface area contributed by atoms with Crippen LogP contribution in [0.1, 0.15) is 38.3 Å². The monoisotopic (exact) mass is 581 g/mol. The number of alkyl halides is 3. The fourth-order valence-corrected chi connectivity index (χ4v) is 4.66. The van der Waals surface area contributed by atoms with Crippen molar-refractivity contribution >= 4 is 50.7 Å². The largest absolute Gasteiger partial charge is 0.417 e. The van der Waals surface area contributed by atoms with Gasteiger partial charge in [-0.15, -0.1) is 0 Å². The Balaban J connectivity index is 2.48. The second-order valence-electron chi connectivity index (χ2n) is 8.58. The van der Waals surface area contributed by atoms with Gasteiger partial charge in [-0.1, -0.05) is 42.3 Å². The quantitative estimate of drug-likeness (QED) is 0.422. The normalized spacial score (nSPS) is 13.5. The van der Waals surface area contributed by atoms with Crippen LogP contribution in [-0.4, -0.2) is 50.0 Å². The van der Waals surface area contributed by atoms with E-state index in [1.807, 2.05) is 6.92 Å². The molecule has 0 saturated heterocycles. The lowest BCUT2D eigenvalue weighted by molar-refractivity contribution is -0.139. The number of halogens is 5. The van der Waals surface area contributed by atoms with Gasteiger partial charge in [0.2, 0.25) is 21.8 Å². The molecule has 2 amide bonds. The molecule has 2 atom stereocenters. The first kappa shape index (κ1) is 30.7. The summed E-state index contributed by atoms with van der Waals surface area (Å²) in [7, 11) is -4.22. The van der Waals surface area contributed by atoms with E-state index in [0.717, 1.165) is 23.3 Å². The van der Waals surface area contributed by atoms with Crippen molar-refractivity contribution in [1.82, 2.24) is 10.2 Å². The number of sulfonamides is 1. The predicted octanol–water partition coefficient (Wildman–Crippen LogP) is 5.11. The number of hydrogen-bond donors (Lipinski definition) is 1. The van der Waals surface area contributed by atoms with Gasteiger partial charge < -0.3 is 10.2 Å². The minimum absolute atomic E-state index is 0.0967. The maximum absolute atomic E-state index is 13.5. The molecular formula is C24H28Cl2F3N3O4S. The molecule has 1 N–H and O–H groups in total. The summed E-state index contributed by atoms with van der Waals surface area (Å²) in [5.74, 6) is -1.28. The molecule has 0 aliphatic rings. The first-order valence-corrected chi connectivity index (χ1v) is 13.8. The van der Waals surface area contributed by atoms with Crippen LogP contribution in [0.4, 0.5) is 18.9 Å². The number of rotatable bonds is 10. The molecule has 0 saturated carbocycles. The van der Waals surface area contributed by atoms with E-state index >= 15 is 0 Å². The summed E-state index contributed by atoms with van der Waals surface area (Å²) in [4.78, 5) is 27.5. The van der Waals surface area contributed by atoms with Crippen LogP contribution < -0.4 is 9.62 Å². The van der Waals surface area contributed by atoms with Crippen molar-refractivity contribution in [3.05, 3.63) is 63.6 Å². The molecule has 0 fully saturated rings. The molecular weight excluding hydrogens is 554 g/mol. The van der Waals surface area contributed by atoms with Crippen LogP contribution in [0.5, 0.6) is 0 Å². The SMILES string of the molecule is CC[C@H](C)NC(=O)[C@H](C)N(Cc1cccc(Cl)c1)C(=O)CN(c1ccc(Cl)c(C(F)(F)F)c1)S(C)(=O)=O. The number of carbonyl (C=O) groups is 2. The van der Waals surface area contributed by atoms with Gasteiger partial charge in [0.15, 0.2) is 0 Å². The Bertz CT molecular complexity index is 1240. The Labute approximate surface area is 224 Å². The Hall–Kier alpha value is -2.50. The van der Waals surface area contributed by atoms with Crippen molar-refractivity contribution in [3.63, 3.8) is 0 Å². The van der Waals surface area contributed by atoms with Crippen LogP contribution in [0.3, 0.4) is 0 Å². The molecule has 0 radical (unpaired) electrons. The zero-order valence-corrected chi connectivity index (χ0v) is 23.0. The summed E-state index contributed by atoms with van der Waals surface area (Å²) >= 11 is 11.7. The van der Waals surface area contributed by atoms with Gasteiger partial charge in [0.1, 0.15) is 12.6 Å². The van der Waals surface area contributed by atoms with Crippen LogP contribution in [0, 0.1) is 0 Å². The summed E-state index contributed by atoms with van der Waals surface area (Å²) in [6, 6.07) is 7.88. The molecule has 0 unspecified atom stereocenters. The van der Waals surface area contributed by atoms with Gasteiger partial charge >= 0.3 is 6.18 Å². The fraction of sp³-hybridized carbons (Fsp3) is 0.417. The lowest BCUT2D eigenvalue weighted by Crippen LogP contribution is -2.52. The highest BCUT2D eigenvalue weighted by Crippen LogP contribution is 2.37. The Morgan fingerprint density at radius 3 is 2.27 bits per heavy atom. The van der Waals surface area contributed by atoms with Gasteiger partial charge in [0.25, 0.3) is 0 Å². The number of benzene rings is 2. The minimum atomic E-state index is -4.85. The van der Waals surface area contributed by atoms with Crippen LogP contribution >= 0.6 is 23.2 Å². The van der Waals surface area contributed by atoms with E-state index < -0.39 is 56.9 Å². The molecule has 2 rings (SSSR count). The first-order valence-electron chi connectivity index (χ1n) is 11.2. The summed E-state index contributed by atoms with van der Waals surface area (Å²) in [6.45, 7) is 4.20. The number of anilines is 1. The highest BCUT2D eigenvalue weighted by atomic mass is 35.5.